The Morgan fingerprint density at radius 1 is 1.30 bits per heavy atom. The molecule has 1 aromatic heterocycles. The molecule has 1 rings (SSSR count). The lowest BCUT2D eigenvalue weighted by atomic mass is 10.3. The van der Waals surface area contributed by atoms with Crippen LogP contribution in [0.25, 0.3) is 0 Å². The van der Waals surface area contributed by atoms with Crippen LogP contribution >= 0.6 is 0 Å². The molecule has 0 saturated heterocycles. The molecule has 0 saturated carbocycles. The van der Waals surface area contributed by atoms with Gasteiger partial charge in [0.2, 0.25) is 10.0 Å². The van der Waals surface area contributed by atoms with Crippen LogP contribution in [0, 0.1) is 0 Å². The maximum atomic E-state index is 11.9. The van der Waals surface area contributed by atoms with Gasteiger partial charge in [0.15, 0.2) is 0 Å². The van der Waals surface area contributed by atoms with Gasteiger partial charge in [-0.1, -0.05) is 6.92 Å². The Morgan fingerprint density at radius 3 is 2.65 bits per heavy atom. The zero-order valence-electron chi connectivity index (χ0n) is 12.6. The van der Waals surface area contributed by atoms with E-state index in [4.69, 9.17) is 0 Å². The molecule has 0 aliphatic carbocycles. The first-order valence-corrected chi connectivity index (χ1v) is 8.85. The monoisotopic (exact) mass is 302 g/mol. The van der Waals surface area contributed by atoms with Crippen LogP contribution in [0.3, 0.4) is 0 Å². The van der Waals surface area contributed by atoms with Crippen LogP contribution in [0.2, 0.25) is 0 Å². The van der Waals surface area contributed by atoms with Crippen LogP contribution in [0.15, 0.2) is 12.4 Å². The first kappa shape index (κ1) is 17.0. The van der Waals surface area contributed by atoms with E-state index >= 15 is 0 Å². The molecule has 0 amide bonds. The second-order valence-corrected chi connectivity index (χ2v) is 7.02. The summed E-state index contributed by atoms with van der Waals surface area (Å²) in [6.45, 7) is 7.95. The third kappa shape index (κ3) is 6.38. The fourth-order valence-corrected chi connectivity index (χ4v) is 2.90. The fraction of sp³-hybridized carbons (Fsp3) is 0.769. The lowest BCUT2D eigenvalue weighted by molar-refractivity contribution is 0.532. The van der Waals surface area contributed by atoms with Crippen LogP contribution in [-0.2, 0) is 10.0 Å². The quantitative estimate of drug-likeness (QED) is 0.648. The first-order chi connectivity index (χ1) is 9.44. The normalized spacial score (nSPS) is 12.0. The smallest absolute Gasteiger partial charge is 0.232 e. The second-order valence-electron chi connectivity index (χ2n) is 5.18. The molecule has 7 heteroatoms. The van der Waals surface area contributed by atoms with Crippen LogP contribution in [0.4, 0.5) is 5.69 Å². The lowest BCUT2D eigenvalue weighted by Gasteiger charge is -2.07. The second kappa shape index (κ2) is 8.26. The highest BCUT2D eigenvalue weighted by molar-refractivity contribution is 7.92. The Morgan fingerprint density at radius 2 is 2.05 bits per heavy atom. The summed E-state index contributed by atoms with van der Waals surface area (Å²) in [7, 11) is -3.27. The van der Waals surface area contributed by atoms with Gasteiger partial charge in [-0.25, -0.2) is 8.42 Å². The molecule has 0 bridgehead atoms. The minimum Gasteiger partial charge on any atom is -0.317 e. The van der Waals surface area contributed by atoms with Gasteiger partial charge in [0.1, 0.15) is 0 Å². The van der Waals surface area contributed by atoms with Gasteiger partial charge in [-0.05, 0) is 46.2 Å². The van der Waals surface area contributed by atoms with Gasteiger partial charge in [-0.15, -0.1) is 0 Å². The first-order valence-electron chi connectivity index (χ1n) is 7.20. The Labute approximate surface area is 122 Å². The standard InChI is InChI=1S/C13H26N4O2S/c1-4-7-14-8-5-6-9-20(18,19)16-13-10-15-17(11-13)12(2)3/h10-12,14,16H,4-9H2,1-3H3. The molecular formula is C13H26N4O2S. The highest BCUT2D eigenvalue weighted by Gasteiger charge is 2.11. The molecule has 0 unspecified atom stereocenters. The van der Waals surface area contributed by atoms with Crippen molar-refractivity contribution in [3.63, 3.8) is 0 Å². The van der Waals surface area contributed by atoms with Gasteiger partial charge in [-0.3, -0.25) is 9.40 Å². The van der Waals surface area contributed by atoms with E-state index < -0.39 is 10.0 Å². The van der Waals surface area contributed by atoms with Crippen LogP contribution < -0.4 is 10.0 Å². The minimum atomic E-state index is -3.27. The highest BCUT2D eigenvalue weighted by Crippen LogP contribution is 2.12. The fourth-order valence-electron chi connectivity index (χ4n) is 1.75. The summed E-state index contributed by atoms with van der Waals surface area (Å²) in [4.78, 5) is 0. The Bertz CT molecular complexity index is 482. The molecule has 1 aromatic rings. The SMILES string of the molecule is CCCNCCCCS(=O)(=O)Nc1cnn(C(C)C)c1. The van der Waals surface area contributed by atoms with E-state index in [1.807, 2.05) is 13.8 Å². The number of nitrogens with zero attached hydrogens (tertiary/aromatic N) is 2. The van der Waals surface area contributed by atoms with Gasteiger partial charge in [0.25, 0.3) is 0 Å². The summed E-state index contributed by atoms with van der Waals surface area (Å²) in [5.74, 6) is 0.146. The summed E-state index contributed by atoms with van der Waals surface area (Å²) in [6.07, 6.45) is 5.88. The van der Waals surface area contributed by atoms with Crippen LogP contribution in [-0.4, -0.2) is 37.0 Å². The number of hydrogen-bond acceptors (Lipinski definition) is 4. The Kier molecular flexibility index (Phi) is 7.01. The van der Waals surface area contributed by atoms with E-state index in [0.29, 0.717) is 12.1 Å². The van der Waals surface area contributed by atoms with Crippen molar-refractivity contribution in [1.29, 1.82) is 0 Å². The van der Waals surface area contributed by atoms with Gasteiger partial charge in [-0.2, -0.15) is 5.10 Å². The molecule has 0 atom stereocenters. The van der Waals surface area contributed by atoms with Crippen LogP contribution in [0.5, 0.6) is 0 Å². The summed E-state index contributed by atoms with van der Waals surface area (Å²) >= 11 is 0. The van der Waals surface area contributed by atoms with Crippen molar-refractivity contribution in [3.05, 3.63) is 12.4 Å². The topological polar surface area (TPSA) is 76.0 Å². The predicted molar refractivity (Wildman–Crippen MR) is 82.4 cm³/mol. The molecule has 0 radical (unpaired) electrons. The zero-order chi connectivity index (χ0) is 15.0. The molecule has 1 heterocycles. The number of hydrogen-bond donors (Lipinski definition) is 2. The zero-order valence-corrected chi connectivity index (χ0v) is 13.4. The van der Waals surface area contributed by atoms with Crippen molar-refractivity contribution in [2.24, 2.45) is 0 Å². The van der Waals surface area contributed by atoms with Gasteiger partial charge in [0, 0.05) is 12.2 Å². The number of aromatic nitrogens is 2. The van der Waals surface area contributed by atoms with E-state index in [-0.39, 0.29) is 11.8 Å². The largest absolute Gasteiger partial charge is 0.317 e. The maximum absolute atomic E-state index is 11.9. The molecule has 116 valence electrons. The molecule has 20 heavy (non-hydrogen) atoms. The van der Waals surface area contributed by atoms with E-state index in [1.54, 1.807) is 17.1 Å². The molecule has 0 aliphatic heterocycles. The average Bonchev–Trinajstić information content (AvgIpc) is 2.81. The third-order valence-corrected chi connectivity index (χ3v) is 4.22. The Hall–Kier alpha value is -1.08. The number of sulfonamides is 1. The number of unbranched alkanes of at least 4 members (excludes halogenated alkanes) is 1. The van der Waals surface area contributed by atoms with Crippen LogP contribution in [0.1, 0.15) is 46.1 Å². The van der Waals surface area contributed by atoms with Crippen molar-refractivity contribution in [2.45, 2.75) is 46.1 Å². The Balaban J connectivity index is 2.33. The molecule has 0 aromatic carbocycles. The average molecular weight is 302 g/mol. The number of rotatable bonds is 10. The predicted octanol–water partition coefficient (Wildman–Crippen LogP) is 1.99. The van der Waals surface area contributed by atoms with E-state index in [0.717, 1.165) is 25.9 Å². The molecule has 0 fully saturated rings. The van der Waals surface area contributed by atoms with Gasteiger partial charge >= 0.3 is 0 Å². The number of anilines is 1. The summed E-state index contributed by atoms with van der Waals surface area (Å²) in [5, 5.41) is 7.37. The minimum absolute atomic E-state index is 0.146. The number of nitrogens with one attached hydrogen (secondary N) is 2. The van der Waals surface area contributed by atoms with Crippen molar-refractivity contribution in [2.75, 3.05) is 23.6 Å². The maximum Gasteiger partial charge on any atom is 0.232 e. The lowest BCUT2D eigenvalue weighted by Crippen LogP contribution is -2.19. The van der Waals surface area contributed by atoms with Crippen molar-refractivity contribution >= 4 is 15.7 Å². The van der Waals surface area contributed by atoms with E-state index in [9.17, 15) is 8.42 Å². The summed E-state index contributed by atoms with van der Waals surface area (Å²) < 4.78 is 28.1. The van der Waals surface area contributed by atoms with Crippen molar-refractivity contribution < 1.29 is 8.42 Å². The molecule has 0 spiro atoms. The summed E-state index contributed by atoms with van der Waals surface area (Å²) in [6, 6.07) is 0.220. The highest BCUT2D eigenvalue weighted by atomic mass is 32.2. The van der Waals surface area contributed by atoms with Crippen molar-refractivity contribution in [1.82, 2.24) is 15.1 Å². The molecular weight excluding hydrogens is 276 g/mol. The third-order valence-electron chi connectivity index (χ3n) is 2.85. The van der Waals surface area contributed by atoms with Gasteiger partial charge < -0.3 is 5.32 Å². The van der Waals surface area contributed by atoms with Gasteiger partial charge in [0.05, 0.1) is 17.6 Å². The van der Waals surface area contributed by atoms with E-state index in [1.165, 1.54) is 0 Å². The molecule has 2 N–H and O–H groups in total. The van der Waals surface area contributed by atoms with Crippen molar-refractivity contribution in [3.8, 4) is 0 Å². The summed E-state index contributed by atoms with van der Waals surface area (Å²) in [5.41, 5.74) is 0.530. The molecule has 6 nitrogen and oxygen atoms in total. The molecule has 0 aliphatic rings. The van der Waals surface area contributed by atoms with E-state index in [2.05, 4.69) is 22.1 Å².